The summed E-state index contributed by atoms with van der Waals surface area (Å²) in [7, 11) is -3.42. The predicted molar refractivity (Wildman–Crippen MR) is 89.2 cm³/mol. The van der Waals surface area contributed by atoms with E-state index in [2.05, 4.69) is 10.0 Å². The van der Waals surface area contributed by atoms with Gasteiger partial charge in [-0.3, -0.25) is 0 Å². The second kappa shape index (κ2) is 7.63. The van der Waals surface area contributed by atoms with Gasteiger partial charge in [-0.05, 0) is 55.5 Å². The molecule has 1 aliphatic heterocycles. The van der Waals surface area contributed by atoms with Crippen molar-refractivity contribution in [1.29, 1.82) is 0 Å². The second-order valence-corrected chi connectivity index (χ2v) is 8.30. The molecule has 2 rings (SSSR count). The van der Waals surface area contributed by atoms with Crippen molar-refractivity contribution in [3.63, 3.8) is 0 Å². The monoisotopic (exact) mass is 328 g/mol. The van der Waals surface area contributed by atoms with Crippen LogP contribution in [-0.2, 0) is 10.0 Å². The second-order valence-electron chi connectivity index (χ2n) is 5.36. The van der Waals surface area contributed by atoms with Gasteiger partial charge in [0, 0.05) is 12.1 Å². The molecule has 6 heteroatoms. The Morgan fingerprint density at radius 2 is 2.05 bits per heavy atom. The van der Waals surface area contributed by atoms with Gasteiger partial charge in [-0.1, -0.05) is 19.1 Å². The molecule has 0 radical (unpaired) electrons. The number of hydrogen-bond acceptors (Lipinski definition) is 4. The number of rotatable bonds is 6. The van der Waals surface area contributed by atoms with Crippen LogP contribution in [0.1, 0.15) is 38.3 Å². The molecule has 0 aliphatic carbocycles. The van der Waals surface area contributed by atoms with Crippen molar-refractivity contribution < 1.29 is 8.42 Å². The first-order valence-corrected chi connectivity index (χ1v) is 10.1. The third-order valence-electron chi connectivity index (χ3n) is 3.72. The third kappa shape index (κ3) is 4.71. The molecule has 0 aromatic heterocycles. The van der Waals surface area contributed by atoms with Crippen molar-refractivity contribution >= 4 is 21.8 Å². The van der Waals surface area contributed by atoms with Gasteiger partial charge in [0.2, 0.25) is 10.0 Å². The van der Waals surface area contributed by atoms with Gasteiger partial charge in [0.15, 0.2) is 0 Å². The molecule has 2 N–H and O–H groups in total. The summed E-state index contributed by atoms with van der Waals surface area (Å²) >= 11 is 1.89. The van der Waals surface area contributed by atoms with Crippen molar-refractivity contribution in [2.45, 2.75) is 43.7 Å². The highest BCUT2D eigenvalue weighted by atomic mass is 32.2. The molecule has 21 heavy (non-hydrogen) atoms. The standard InChI is InChI=1S/C15H24N2O2S2/c1-3-16-12(2)13-5-4-6-15(11-13)21(18,19)17-14-7-9-20-10-8-14/h4-6,11-12,14,16-17H,3,7-10H2,1-2H3. The molecule has 118 valence electrons. The summed E-state index contributed by atoms with van der Waals surface area (Å²) in [5, 5.41) is 3.30. The lowest BCUT2D eigenvalue weighted by molar-refractivity contribution is 0.528. The summed E-state index contributed by atoms with van der Waals surface area (Å²) in [4.78, 5) is 0.364. The van der Waals surface area contributed by atoms with Crippen molar-refractivity contribution in [2.75, 3.05) is 18.1 Å². The zero-order valence-corrected chi connectivity index (χ0v) is 14.3. The fourth-order valence-electron chi connectivity index (χ4n) is 2.48. The van der Waals surface area contributed by atoms with Crippen molar-refractivity contribution in [1.82, 2.24) is 10.0 Å². The third-order valence-corrected chi connectivity index (χ3v) is 6.29. The number of hydrogen-bond donors (Lipinski definition) is 2. The summed E-state index contributed by atoms with van der Waals surface area (Å²) in [6.45, 7) is 4.94. The van der Waals surface area contributed by atoms with Gasteiger partial charge >= 0.3 is 0 Å². The lowest BCUT2D eigenvalue weighted by atomic mass is 10.1. The van der Waals surface area contributed by atoms with Crippen LogP contribution in [0.5, 0.6) is 0 Å². The number of sulfonamides is 1. The first kappa shape index (κ1) is 16.8. The minimum Gasteiger partial charge on any atom is -0.310 e. The average Bonchev–Trinajstić information content (AvgIpc) is 2.48. The van der Waals surface area contributed by atoms with Gasteiger partial charge in [-0.15, -0.1) is 0 Å². The molecule has 1 aromatic rings. The highest BCUT2D eigenvalue weighted by Gasteiger charge is 2.22. The van der Waals surface area contributed by atoms with Gasteiger partial charge in [0.05, 0.1) is 4.90 Å². The maximum absolute atomic E-state index is 12.5. The first-order valence-electron chi connectivity index (χ1n) is 7.46. The first-order chi connectivity index (χ1) is 10.0. The van der Waals surface area contributed by atoms with Crippen LogP contribution >= 0.6 is 11.8 Å². The van der Waals surface area contributed by atoms with E-state index in [1.807, 2.05) is 37.7 Å². The minimum atomic E-state index is -3.42. The fourth-order valence-corrected chi connectivity index (χ4v) is 4.94. The highest BCUT2D eigenvalue weighted by Crippen LogP contribution is 2.21. The number of thioether (sulfide) groups is 1. The van der Waals surface area contributed by atoms with E-state index in [1.54, 1.807) is 12.1 Å². The molecular weight excluding hydrogens is 304 g/mol. The quantitative estimate of drug-likeness (QED) is 0.842. The van der Waals surface area contributed by atoms with Crippen LogP contribution in [0.25, 0.3) is 0 Å². The van der Waals surface area contributed by atoms with E-state index in [-0.39, 0.29) is 12.1 Å². The Bertz CT molecular complexity index is 555. The van der Waals surface area contributed by atoms with E-state index in [9.17, 15) is 8.42 Å². The molecule has 4 nitrogen and oxygen atoms in total. The molecule has 1 aromatic carbocycles. The Labute approximate surface area is 132 Å². The molecule has 0 saturated carbocycles. The molecule has 1 saturated heterocycles. The number of nitrogens with one attached hydrogen (secondary N) is 2. The van der Waals surface area contributed by atoms with Crippen LogP contribution in [0.3, 0.4) is 0 Å². The van der Waals surface area contributed by atoms with Crippen molar-refractivity contribution in [3.05, 3.63) is 29.8 Å². The zero-order chi connectivity index (χ0) is 15.3. The van der Waals surface area contributed by atoms with Crippen LogP contribution < -0.4 is 10.0 Å². The molecule has 1 aliphatic rings. The minimum absolute atomic E-state index is 0.0751. The molecule has 0 amide bonds. The summed E-state index contributed by atoms with van der Waals surface area (Å²) in [5.41, 5.74) is 0.999. The van der Waals surface area contributed by atoms with E-state index in [0.717, 1.165) is 36.5 Å². The molecule has 0 bridgehead atoms. The molecule has 1 atom stereocenters. The van der Waals surface area contributed by atoms with Crippen molar-refractivity contribution in [2.24, 2.45) is 0 Å². The Kier molecular flexibility index (Phi) is 6.10. The Balaban J connectivity index is 2.13. The van der Waals surface area contributed by atoms with Crippen molar-refractivity contribution in [3.8, 4) is 0 Å². The predicted octanol–water partition coefficient (Wildman–Crippen LogP) is 2.53. The largest absolute Gasteiger partial charge is 0.310 e. The van der Waals surface area contributed by atoms with Gasteiger partial charge in [-0.2, -0.15) is 11.8 Å². The summed E-state index contributed by atoms with van der Waals surface area (Å²) in [6, 6.07) is 7.44. The molecular formula is C15H24N2O2S2. The summed E-state index contributed by atoms with van der Waals surface area (Å²) < 4.78 is 27.8. The zero-order valence-electron chi connectivity index (χ0n) is 12.6. The van der Waals surface area contributed by atoms with Gasteiger partial charge in [0.1, 0.15) is 0 Å². The normalized spacial score (nSPS) is 18.6. The van der Waals surface area contributed by atoms with Crippen LogP contribution in [0.4, 0.5) is 0 Å². The van der Waals surface area contributed by atoms with Gasteiger partial charge in [0.25, 0.3) is 0 Å². The average molecular weight is 329 g/mol. The Morgan fingerprint density at radius 1 is 1.33 bits per heavy atom. The summed E-state index contributed by atoms with van der Waals surface area (Å²) in [5.74, 6) is 2.06. The van der Waals surface area contributed by atoms with E-state index in [1.165, 1.54) is 0 Å². The maximum atomic E-state index is 12.5. The fraction of sp³-hybridized carbons (Fsp3) is 0.600. The van der Waals surface area contributed by atoms with Crippen LogP contribution in [0.2, 0.25) is 0 Å². The molecule has 0 spiro atoms. The van der Waals surface area contributed by atoms with E-state index < -0.39 is 10.0 Å². The number of benzene rings is 1. The molecule has 1 heterocycles. The van der Waals surface area contributed by atoms with Gasteiger partial charge < -0.3 is 5.32 Å². The smallest absolute Gasteiger partial charge is 0.240 e. The molecule has 1 unspecified atom stereocenters. The van der Waals surface area contributed by atoms with E-state index in [4.69, 9.17) is 0 Å². The highest BCUT2D eigenvalue weighted by molar-refractivity contribution is 7.99. The molecule has 1 fully saturated rings. The lowest BCUT2D eigenvalue weighted by Gasteiger charge is -2.22. The topological polar surface area (TPSA) is 58.2 Å². The Morgan fingerprint density at radius 3 is 2.71 bits per heavy atom. The SMILES string of the molecule is CCNC(C)c1cccc(S(=O)(=O)NC2CCSCC2)c1. The van der Waals surface area contributed by atoms with Gasteiger partial charge in [-0.25, -0.2) is 13.1 Å². The van der Waals surface area contributed by atoms with Crippen LogP contribution in [0.15, 0.2) is 29.2 Å². The maximum Gasteiger partial charge on any atom is 0.240 e. The lowest BCUT2D eigenvalue weighted by Crippen LogP contribution is -2.37. The Hall–Kier alpha value is -0.560. The summed E-state index contributed by atoms with van der Waals surface area (Å²) in [6.07, 6.45) is 1.83. The van der Waals surface area contributed by atoms with Crippen LogP contribution in [0, 0.1) is 0 Å². The van der Waals surface area contributed by atoms with Crippen LogP contribution in [-0.4, -0.2) is 32.5 Å². The van der Waals surface area contributed by atoms with E-state index >= 15 is 0 Å². The van der Waals surface area contributed by atoms with E-state index in [0.29, 0.717) is 4.90 Å².